The number of ether oxygens (including phenoxy) is 1. The fourth-order valence-electron chi connectivity index (χ4n) is 1.65. The van der Waals surface area contributed by atoms with Crippen LogP contribution < -0.4 is 5.73 Å². The Bertz CT molecular complexity index is 195. The van der Waals surface area contributed by atoms with Gasteiger partial charge in [-0.25, -0.2) is 0 Å². The first kappa shape index (κ1) is 10.5. The summed E-state index contributed by atoms with van der Waals surface area (Å²) in [7, 11) is 0. The fourth-order valence-corrected chi connectivity index (χ4v) is 1.65. The first-order valence-corrected chi connectivity index (χ1v) is 4.73. The van der Waals surface area contributed by atoms with Crippen molar-refractivity contribution in [2.24, 2.45) is 5.73 Å². The van der Waals surface area contributed by atoms with E-state index < -0.39 is 0 Å². The summed E-state index contributed by atoms with van der Waals surface area (Å²) in [5, 5.41) is 7.39. The summed E-state index contributed by atoms with van der Waals surface area (Å²) >= 11 is 0. The van der Waals surface area contributed by atoms with Crippen molar-refractivity contribution in [1.29, 1.82) is 5.41 Å². The van der Waals surface area contributed by atoms with Gasteiger partial charge in [0.25, 0.3) is 0 Å². The van der Waals surface area contributed by atoms with E-state index in [1.807, 2.05) is 13.8 Å². The number of nitrogens with two attached hydrogens (primary N) is 1. The summed E-state index contributed by atoms with van der Waals surface area (Å²) in [5.41, 5.74) is 5.48. The molecule has 0 saturated carbocycles. The number of hydrogen-bond acceptors (Lipinski definition) is 3. The molecule has 1 saturated heterocycles. The molecule has 0 aliphatic carbocycles. The second-order valence-electron chi connectivity index (χ2n) is 3.82. The van der Waals surface area contributed by atoms with E-state index >= 15 is 0 Å². The molecule has 3 N–H and O–H groups in total. The minimum absolute atomic E-state index is 0.0290. The van der Waals surface area contributed by atoms with Gasteiger partial charge in [-0.05, 0) is 20.8 Å². The minimum Gasteiger partial charge on any atom is -0.386 e. The summed E-state index contributed by atoms with van der Waals surface area (Å²) in [4.78, 5) is 2.22. The molecule has 0 radical (unpaired) electrons. The number of rotatable bonds is 2. The Hall–Kier alpha value is -0.610. The molecule has 1 heterocycles. The maximum absolute atomic E-state index is 7.39. The molecule has 0 aromatic carbocycles. The molecule has 1 aliphatic heterocycles. The average Bonchev–Trinajstić information content (AvgIpc) is 2.08. The highest BCUT2D eigenvalue weighted by molar-refractivity contribution is 5.82. The molecule has 3 unspecified atom stereocenters. The number of hydrogen-bond donors (Lipinski definition) is 2. The molecule has 13 heavy (non-hydrogen) atoms. The highest BCUT2D eigenvalue weighted by Gasteiger charge is 2.28. The van der Waals surface area contributed by atoms with Crippen LogP contribution >= 0.6 is 0 Å². The predicted molar refractivity (Wildman–Crippen MR) is 53.0 cm³/mol. The van der Waals surface area contributed by atoms with E-state index in [2.05, 4.69) is 11.8 Å². The van der Waals surface area contributed by atoms with Gasteiger partial charge in [-0.1, -0.05) is 0 Å². The van der Waals surface area contributed by atoms with Crippen molar-refractivity contribution in [3.05, 3.63) is 0 Å². The van der Waals surface area contributed by atoms with Crippen molar-refractivity contribution in [1.82, 2.24) is 4.90 Å². The molecular weight excluding hydrogens is 166 g/mol. The van der Waals surface area contributed by atoms with E-state index in [9.17, 15) is 0 Å². The number of nitrogens with zero attached hydrogens (tertiary/aromatic N) is 1. The molecule has 3 atom stereocenters. The molecule has 1 aliphatic rings. The Labute approximate surface area is 79.6 Å². The lowest BCUT2D eigenvalue weighted by Crippen LogP contribution is -2.54. The van der Waals surface area contributed by atoms with Crippen LogP contribution in [0.15, 0.2) is 0 Å². The van der Waals surface area contributed by atoms with Crippen LogP contribution in [0.3, 0.4) is 0 Å². The van der Waals surface area contributed by atoms with Crippen molar-refractivity contribution in [2.45, 2.75) is 39.0 Å². The van der Waals surface area contributed by atoms with Gasteiger partial charge in [0, 0.05) is 12.6 Å². The lowest BCUT2D eigenvalue weighted by atomic mass is 10.1. The van der Waals surface area contributed by atoms with Crippen LogP contribution in [0.25, 0.3) is 0 Å². The maximum Gasteiger partial charge on any atom is 0.108 e. The van der Waals surface area contributed by atoms with Crippen LogP contribution in [0.1, 0.15) is 20.8 Å². The molecule has 0 spiro atoms. The van der Waals surface area contributed by atoms with E-state index in [0.29, 0.717) is 6.04 Å². The molecule has 0 aromatic rings. The Morgan fingerprint density at radius 3 is 2.77 bits per heavy atom. The van der Waals surface area contributed by atoms with Crippen molar-refractivity contribution in [2.75, 3.05) is 13.2 Å². The molecular formula is C9H19N3O. The van der Waals surface area contributed by atoms with Crippen LogP contribution in [-0.2, 0) is 4.74 Å². The summed E-state index contributed by atoms with van der Waals surface area (Å²) in [6.45, 7) is 7.72. The fraction of sp³-hybridized carbons (Fsp3) is 0.889. The zero-order valence-electron chi connectivity index (χ0n) is 8.58. The standard InChI is InChI=1S/C9H19N3O/c1-6-5-13-7(2)4-12(6)8(3)9(10)11/h6-8H,4-5H2,1-3H3,(H3,10,11). The van der Waals surface area contributed by atoms with Gasteiger partial charge in [0.05, 0.1) is 18.8 Å². The lowest BCUT2D eigenvalue weighted by Gasteiger charge is -2.40. The minimum atomic E-state index is 0.0290. The van der Waals surface area contributed by atoms with Gasteiger partial charge in [-0.2, -0.15) is 0 Å². The molecule has 0 aromatic heterocycles. The number of nitrogens with one attached hydrogen (secondary N) is 1. The zero-order valence-corrected chi connectivity index (χ0v) is 8.58. The van der Waals surface area contributed by atoms with Gasteiger partial charge >= 0.3 is 0 Å². The third-order valence-electron chi connectivity index (χ3n) is 2.60. The first-order chi connectivity index (χ1) is 6.02. The monoisotopic (exact) mass is 185 g/mol. The zero-order chi connectivity index (χ0) is 10.0. The van der Waals surface area contributed by atoms with E-state index in [1.54, 1.807) is 0 Å². The number of amidine groups is 1. The third kappa shape index (κ3) is 2.42. The molecule has 76 valence electrons. The topological polar surface area (TPSA) is 62.3 Å². The van der Waals surface area contributed by atoms with Crippen molar-refractivity contribution in [3.63, 3.8) is 0 Å². The summed E-state index contributed by atoms with van der Waals surface area (Å²) in [5.74, 6) is 0.237. The molecule has 0 bridgehead atoms. The molecule has 4 nitrogen and oxygen atoms in total. The van der Waals surface area contributed by atoms with Gasteiger partial charge in [-0.3, -0.25) is 10.3 Å². The van der Waals surface area contributed by atoms with Gasteiger partial charge < -0.3 is 10.5 Å². The van der Waals surface area contributed by atoms with Gasteiger partial charge in [0.2, 0.25) is 0 Å². The lowest BCUT2D eigenvalue weighted by molar-refractivity contribution is -0.0546. The van der Waals surface area contributed by atoms with Crippen molar-refractivity contribution >= 4 is 5.84 Å². The summed E-state index contributed by atoms with van der Waals surface area (Å²) in [6, 6.07) is 0.386. The first-order valence-electron chi connectivity index (χ1n) is 4.73. The predicted octanol–water partition coefficient (Wildman–Crippen LogP) is 0.420. The number of morpholine rings is 1. The normalized spacial score (nSPS) is 32.8. The van der Waals surface area contributed by atoms with E-state index in [-0.39, 0.29) is 18.0 Å². The highest BCUT2D eigenvalue weighted by atomic mass is 16.5. The Balaban J connectivity index is 2.60. The Kier molecular flexibility index (Phi) is 3.27. The second kappa shape index (κ2) is 4.07. The summed E-state index contributed by atoms with van der Waals surface area (Å²) in [6.07, 6.45) is 0.248. The molecule has 0 amide bonds. The maximum atomic E-state index is 7.39. The van der Waals surface area contributed by atoms with Crippen LogP contribution in [0, 0.1) is 5.41 Å². The largest absolute Gasteiger partial charge is 0.386 e. The van der Waals surface area contributed by atoms with Crippen molar-refractivity contribution in [3.8, 4) is 0 Å². The van der Waals surface area contributed by atoms with Gasteiger partial charge in [0.15, 0.2) is 0 Å². The van der Waals surface area contributed by atoms with E-state index in [1.165, 1.54) is 0 Å². The molecule has 1 fully saturated rings. The highest BCUT2D eigenvalue weighted by Crippen LogP contribution is 2.14. The SMILES string of the molecule is CC1CN(C(C)C(=N)N)C(C)CO1. The summed E-state index contributed by atoms with van der Waals surface area (Å²) < 4.78 is 5.50. The molecule has 1 rings (SSSR count). The van der Waals surface area contributed by atoms with Crippen LogP contribution in [0.4, 0.5) is 0 Å². The molecule has 4 heteroatoms. The van der Waals surface area contributed by atoms with Gasteiger partial charge in [-0.15, -0.1) is 0 Å². The van der Waals surface area contributed by atoms with Crippen LogP contribution in [0.5, 0.6) is 0 Å². The van der Waals surface area contributed by atoms with Crippen LogP contribution in [-0.4, -0.2) is 42.1 Å². The average molecular weight is 185 g/mol. The van der Waals surface area contributed by atoms with Crippen LogP contribution in [0.2, 0.25) is 0 Å². The van der Waals surface area contributed by atoms with Gasteiger partial charge in [0.1, 0.15) is 5.84 Å². The second-order valence-corrected chi connectivity index (χ2v) is 3.82. The van der Waals surface area contributed by atoms with Crippen molar-refractivity contribution < 1.29 is 4.74 Å². The Morgan fingerprint density at radius 2 is 2.23 bits per heavy atom. The quantitative estimate of drug-likeness (QED) is 0.484. The van der Waals surface area contributed by atoms with E-state index in [4.69, 9.17) is 15.9 Å². The smallest absolute Gasteiger partial charge is 0.108 e. The van der Waals surface area contributed by atoms with E-state index in [0.717, 1.165) is 13.2 Å². The third-order valence-corrected chi connectivity index (χ3v) is 2.60. The Morgan fingerprint density at radius 1 is 1.62 bits per heavy atom.